The molecule has 0 aromatic carbocycles. The van der Waals surface area contributed by atoms with Crippen LogP contribution in [0, 0.1) is 5.41 Å². The molecule has 6 heteroatoms. The first-order valence-corrected chi connectivity index (χ1v) is 28.8. The van der Waals surface area contributed by atoms with Crippen LogP contribution < -0.4 is 0 Å². The fourth-order valence-corrected chi connectivity index (χ4v) is 8.73. The fourth-order valence-electron chi connectivity index (χ4n) is 8.73. The Kier molecular flexibility index (Phi) is 59.9. The molecule has 0 aliphatic rings. The van der Waals surface area contributed by atoms with E-state index >= 15 is 0 Å². The molecule has 1 unspecified atom stereocenters. The van der Waals surface area contributed by atoms with E-state index in [0.717, 1.165) is 64.2 Å². The van der Waals surface area contributed by atoms with Crippen molar-refractivity contribution in [1.82, 2.24) is 0 Å². The van der Waals surface area contributed by atoms with Gasteiger partial charge >= 0.3 is 17.9 Å². The lowest BCUT2D eigenvalue weighted by molar-refractivity contribution is -0.151. The molecule has 0 fully saturated rings. The van der Waals surface area contributed by atoms with Crippen LogP contribution in [0.4, 0.5) is 0 Å². The van der Waals surface area contributed by atoms with E-state index in [1.54, 1.807) is 0 Å². The molecule has 384 valence electrons. The summed E-state index contributed by atoms with van der Waals surface area (Å²) in [6.45, 7) is 14.0. The van der Waals surface area contributed by atoms with Crippen molar-refractivity contribution >= 4 is 17.9 Å². The summed E-state index contributed by atoms with van der Waals surface area (Å²) < 4.78 is 5.19. The molecular weight excluding hydrogens is 793 g/mol. The first-order valence-electron chi connectivity index (χ1n) is 28.8. The molecule has 0 radical (unpaired) electrons. The summed E-state index contributed by atoms with van der Waals surface area (Å²) in [5.41, 5.74) is -0.448. The molecule has 0 saturated carbocycles. The van der Waals surface area contributed by atoms with Crippen LogP contribution >= 0.6 is 0 Å². The Labute approximate surface area is 401 Å². The van der Waals surface area contributed by atoms with Gasteiger partial charge in [0.25, 0.3) is 0 Å². The standard InChI is InChI=1S/C30H60O2.C16H32O2.C12H24O2/c1-4-7-10-13-15-17-18-20-22-25-28-30(29(31)32,26-23-12-9-6-3)27-24-21-19-16-14-11-8-5-2;1-3-5-7-9-10-11-12-14-16(17)18-15-13-8-6-4-2;1-2-3-4-5-6-7-8-9-10-11-12(13)14/h4-28H2,1-3H3,(H,31,32);3-15H2,1-2H3;2-11H2,1H3,(H,13,14). The molecule has 2 N–H and O–H groups in total. The summed E-state index contributed by atoms with van der Waals surface area (Å²) in [6, 6.07) is 0. The largest absolute Gasteiger partial charge is 0.481 e. The second-order valence-electron chi connectivity index (χ2n) is 19.7. The van der Waals surface area contributed by atoms with E-state index in [0.29, 0.717) is 19.4 Å². The van der Waals surface area contributed by atoms with Crippen LogP contribution in [0.5, 0.6) is 0 Å². The zero-order valence-electron chi connectivity index (χ0n) is 44.5. The molecule has 0 rings (SSSR count). The maximum atomic E-state index is 12.4. The minimum Gasteiger partial charge on any atom is -0.481 e. The summed E-state index contributed by atoms with van der Waals surface area (Å²) in [4.78, 5) is 34.0. The predicted octanol–water partition coefficient (Wildman–Crippen LogP) is 20.1. The molecule has 0 amide bonds. The molecular formula is C58H116O6. The van der Waals surface area contributed by atoms with Gasteiger partial charge in [0.15, 0.2) is 0 Å². The number of hydrogen-bond acceptors (Lipinski definition) is 4. The smallest absolute Gasteiger partial charge is 0.309 e. The van der Waals surface area contributed by atoms with Crippen LogP contribution in [0.25, 0.3) is 0 Å². The Hall–Kier alpha value is -1.59. The van der Waals surface area contributed by atoms with E-state index in [1.165, 1.54) is 225 Å². The molecule has 1 atom stereocenters. The van der Waals surface area contributed by atoms with Gasteiger partial charge < -0.3 is 14.9 Å². The third kappa shape index (κ3) is 54.7. The van der Waals surface area contributed by atoms with Crippen LogP contribution in [0.2, 0.25) is 0 Å². The van der Waals surface area contributed by atoms with Crippen molar-refractivity contribution in [2.24, 2.45) is 5.41 Å². The summed E-state index contributed by atoms with van der Waals surface area (Å²) in [6.07, 6.45) is 56.5. The van der Waals surface area contributed by atoms with E-state index in [9.17, 15) is 19.5 Å². The summed E-state index contributed by atoms with van der Waals surface area (Å²) in [7, 11) is 0. The normalized spacial score (nSPS) is 11.9. The van der Waals surface area contributed by atoms with Crippen LogP contribution in [0.15, 0.2) is 0 Å². The lowest BCUT2D eigenvalue weighted by Gasteiger charge is -2.30. The minimum absolute atomic E-state index is 0.0000525. The highest BCUT2D eigenvalue weighted by atomic mass is 16.5. The Balaban J connectivity index is -0.000000975. The molecule has 0 aromatic heterocycles. The van der Waals surface area contributed by atoms with Crippen molar-refractivity contribution in [1.29, 1.82) is 0 Å². The van der Waals surface area contributed by atoms with Crippen LogP contribution in [0.1, 0.15) is 343 Å². The van der Waals surface area contributed by atoms with Crippen molar-refractivity contribution in [3.05, 3.63) is 0 Å². The SMILES string of the molecule is CCCCCCCCCC(=O)OCCCCCC.CCCCCCCCCCCC(=O)O.CCCCCCCCCCCCC(CCCCCC)(CCCCCCCCCC)C(=O)O. The van der Waals surface area contributed by atoms with Crippen LogP contribution in [0.3, 0.4) is 0 Å². The van der Waals surface area contributed by atoms with Crippen molar-refractivity contribution in [3.63, 3.8) is 0 Å². The highest BCUT2D eigenvalue weighted by Gasteiger charge is 2.36. The van der Waals surface area contributed by atoms with E-state index in [1.807, 2.05) is 0 Å². The fraction of sp³-hybridized carbons (Fsp3) is 0.948. The topological polar surface area (TPSA) is 101 Å². The monoisotopic (exact) mass is 909 g/mol. The van der Waals surface area contributed by atoms with E-state index in [-0.39, 0.29) is 5.97 Å². The van der Waals surface area contributed by atoms with Gasteiger partial charge in [0.2, 0.25) is 0 Å². The Bertz CT molecular complexity index is 920. The van der Waals surface area contributed by atoms with E-state index < -0.39 is 17.4 Å². The number of carboxylic acids is 2. The van der Waals surface area contributed by atoms with Crippen molar-refractivity contribution in [2.45, 2.75) is 343 Å². The van der Waals surface area contributed by atoms with Gasteiger partial charge in [0.1, 0.15) is 0 Å². The molecule has 0 bridgehead atoms. The molecule has 0 spiro atoms. The summed E-state index contributed by atoms with van der Waals surface area (Å²) >= 11 is 0. The third-order valence-corrected chi connectivity index (χ3v) is 13.2. The number of hydrogen-bond donors (Lipinski definition) is 2. The van der Waals surface area contributed by atoms with Crippen LogP contribution in [-0.4, -0.2) is 34.7 Å². The van der Waals surface area contributed by atoms with Gasteiger partial charge in [0, 0.05) is 12.8 Å². The number of carboxylic acid groups (broad SMARTS) is 2. The predicted molar refractivity (Wildman–Crippen MR) is 280 cm³/mol. The maximum absolute atomic E-state index is 12.4. The number of carbonyl (C=O) groups excluding carboxylic acids is 1. The van der Waals surface area contributed by atoms with Gasteiger partial charge in [-0.1, -0.05) is 292 Å². The van der Waals surface area contributed by atoms with Gasteiger partial charge in [-0.05, 0) is 38.5 Å². The average Bonchev–Trinajstić information content (AvgIpc) is 3.28. The molecule has 64 heavy (non-hydrogen) atoms. The lowest BCUT2D eigenvalue weighted by Crippen LogP contribution is -2.31. The number of esters is 1. The number of carbonyl (C=O) groups is 3. The highest BCUT2D eigenvalue weighted by molar-refractivity contribution is 5.74. The molecule has 0 saturated heterocycles. The molecule has 0 heterocycles. The Morgan fingerprint density at radius 1 is 0.312 bits per heavy atom. The average molecular weight is 910 g/mol. The number of ether oxygens (including phenoxy) is 1. The zero-order chi connectivity index (χ0) is 47.9. The minimum atomic E-state index is -0.659. The van der Waals surface area contributed by atoms with Gasteiger partial charge in [0.05, 0.1) is 12.0 Å². The summed E-state index contributed by atoms with van der Waals surface area (Å²) in [5.74, 6) is -1.17. The highest BCUT2D eigenvalue weighted by Crippen LogP contribution is 2.38. The van der Waals surface area contributed by atoms with Crippen molar-refractivity contribution in [2.75, 3.05) is 6.61 Å². The number of unbranched alkanes of at least 4 members (excludes halogenated alkanes) is 36. The maximum Gasteiger partial charge on any atom is 0.309 e. The lowest BCUT2D eigenvalue weighted by atomic mass is 9.74. The Morgan fingerprint density at radius 3 is 0.828 bits per heavy atom. The zero-order valence-corrected chi connectivity index (χ0v) is 44.5. The molecule has 0 aliphatic heterocycles. The van der Waals surface area contributed by atoms with Crippen molar-refractivity contribution < 1.29 is 29.3 Å². The third-order valence-electron chi connectivity index (χ3n) is 13.2. The first-order chi connectivity index (χ1) is 31.2. The summed E-state index contributed by atoms with van der Waals surface area (Å²) in [5, 5.41) is 18.6. The number of rotatable bonds is 49. The van der Waals surface area contributed by atoms with E-state index in [4.69, 9.17) is 9.84 Å². The number of aliphatic carboxylic acids is 2. The second kappa shape index (κ2) is 57.5. The van der Waals surface area contributed by atoms with Crippen molar-refractivity contribution in [3.8, 4) is 0 Å². The quantitative estimate of drug-likeness (QED) is 0.0466. The van der Waals surface area contributed by atoms with Gasteiger partial charge in [-0.2, -0.15) is 0 Å². The molecule has 6 nitrogen and oxygen atoms in total. The Morgan fingerprint density at radius 2 is 0.547 bits per heavy atom. The van der Waals surface area contributed by atoms with E-state index in [2.05, 4.69) is 41.5 Å². The van der Waals surface area contributed by atoms with Crippen LogP contribution in [-0.2, 0) is 19.1 Å². The first kappa shape index (κ1) is 66.7. The molecule has 0 aliphatic carbocycles. The van der Waals surface area contributed by atoms with Gasteiger partial charge in [-0.3, -0.25) is 14.4 Å². The van der Waals surface area contributed by atoms with Gasteiger partial charge in [-0.15, -0.1) is 0 Å². The molecule has 0 aromatic rings. The van der Waals surface area contributed by atoms with Gasteiger partial charge in [-0.25, -0.2) is 0 Å². The second-order valence-corrected chi connectivity index (χ2v) is 19.7.